The van der Waals surface area contributed by atoms with Crippen LogP contribution in [0.1, 0.15) is 78.6 Å². The van der Waals surface area contributed by atoms with Gasteiger partial charge in [-0.1, -0.05) is 39.3 Å². The highest BCUT2D eigenvalue weighted by Gasteiger charge is 2.68. The fourth-order valence-electron chi connectivity index (χ4n) is 12.0. The van der Waals surface area contributed by atoms with Crippen LogP contribution in [0.5, 0.6) is 0 Å². The number of hydrogen-bond donors (Lipinski definition) is 3. The number of carbonyl (C=O) groups excluding carboxylic acids is 4. The molecule has 5 saturated heterocycles. The number of fused-ring (bicyclic) bond motifs is 6. The van der Waals surface area contributed by atoms with Crippen molar-refractivity contribution in [1.29, 1.82) is 0 Å². The van der Waals surface area contributed by atoms with Crippen LogP contribution in [-0.4, -0.2) is 102 Å². The van der Waals surface area contributed by atoms with E-state index in [1.807, 2.05) is 28.5 Å². The molecule has 1 amide bonds. The minimum Gasteiger partial charge on any atom is -0.462 e. The molecule has 8 aliphatic rings. The fourth-order valence-corrected chi connectivity index (χ4v) is 15.2. The van der Waals surface area contributed by atoms with Gasteiger partial charge in [0.05, 0.1) is 37.6 Å². The summed E-state index contributed by atoms with van der Waals surface area (Å²) in [6.45, 7) is 7.20. The molecule has 286 valence electrons. The van der Waals surface area contributed by atoms with Crippen molar-refractivity contribution in [1.82, 2.24) is 4.90 Å². The lowest BCUT2D eigenvalue weighted by atomic mass is 9.56. The van der Waals surface area contributed by atoms with Crippen molar-refractivity contribution in [3.8, 4) is 0 Å². The van der Waals surface area contributed by atoms with Crippen molar-refractivity contribution in [2.45, 2.75) is 125 Å². The van der Waals surface area contributed by atoms with Crippen molar-refractivity contribution in [2.24, 2.45) is 47.2 Å². The van der Waals surface area contributed by atoms with E-state index in [0.717, 1.165) is 50.7 Å². The maximum Gasteiger partial charge on any atom is 0.334 e. The van der Waals surface area contributed by atoms with Gasteiger partial charge >= 0.3 is 11.9 Å². The van der Waals surface area contributed by atoms with Gasteiger partial charge in [0.15, 0.2) is 0 Å². The minimum atomic E-state index is -0.960. The van der Waals surface area contributed by atoms with E-state index >= 15 is 0 Å². The molecule has 3 aliphatic carbocycles. The average molecular weight is 759 g/mol. The number of aldehydes is 1. The summed E-state index contributed by atoms with van der Waals surface area (Å²) in [5.41, 5.74) is 6.87. The second kappa shape index (κ2) is 14.3. The predicted octanol–water partition coefficient (Wildman–Crippen LogP) is 1.71. The predicted molar refractivity (Wildman–Crippen MR) is 197 cm³/mol. The number of esters is 2. The first kappa shape index (κ1) is 37.0. The van der Waals surface area contributed by atoms with Gasteiger partial charge in [-0.25, -0.2) is 4.79 Å². The second-order valence-corrected chi connectivity index (χ2v) is 20.0. The molecule has 5 heterocycles. The largest absolute Gasteiger partial charge is 0.462 e. The smallest absolute Gasteiger partial charge is 0.334 e. The number of nitrogens with two attached hydrogens (primary N) is 3. The number of allylic oxidation sites excluding steroid dienone is 1. The maximum atomic E-state index is 14.5. The van der Waals surface area contributed by atoms with Crippen molar-refractivity contribution in [3.05, 3.63) is 23.3 Å². The Bertz CT molecular complexity index is 1530. The molecule has 8 rings (SSSR count). The van der Waals surface area contributed by atoms with Gasteiger partial charge in [0, 0.05) is 67.1 Å². The van der Waals surface area contributed by atoms with Crippen molar-refractivity contribution in [3.63, 3.8) is 0 Å². The van der Waals surface area contributed by atoms with Gasteiger partial charge in [-0.15, -0.1) is 0 Å². The molecule has 0 bridgehead atoms. The summed E-state index contributed by atoms with van der Waals surface area (Å²) in [6.07, 6.45) is 11.0. The first-order chi connectivity index (χ1) is 25.0. The van der Waals surface area contributed by atoms with Crippen LogP contribution in [0.25, 0.3) is 0 Å². The molecule has 6 N–H and O–H groups in total. The Labute approximate surface area is 315 Å². The van der Waals surface area contributed by atoms with Crippen LogP contribution in [0.2, 0.25) is 0 Å². The fraction of sp³-hybridized carbons (Fsp3) is 0.795. The van der Waals surface area contributed by atoms with Crippen LogP contribution >= 0.6 is 21.6 Å². The molecule has 52 heavy (non-hydrogen) atoms. The molecule has 13 heteroatoms. The summed E-state index contributed by atoms with van der Waals surface area (Å²) >= 11 is 0. The molecule has 15 atom stereocenters. The summed E-state index contributed by atoms with van der Waals surface area (Å²) in [5, 5.41) is 4.58. The molecular formula is C39H58N4O7S2+2. The van der Waals surface area contributed by atoms with Gasteiger partial charge in [0.25, 0.3) is 0 Å². The molecule has 0 aromatic rings. The van der Waals surface area contributed by atoms with Crippen LogP contribution in [0.4, 0.5) is 0 Å². The summed E-state index contributed by atoms with van der Waals surface area (Å²) in [6, 6.07) is 0.358. The van der Waals surface area contributed by atoms with Crippen molar-refractivity contribution in [2.75, 3.05) is 25.9 Å². The lowest BCUT2D eigenvalue weighted by Gasteiger charge is -2.58. The van der Waals surface area contributed by atoms with Gasteiger partial charge in [-0.05, 0) is 64.2 Å². The Morgan fingerprint density at radius 2 is 1.98 bits per heavy atom. The Kier molecular flexibility index (Phi) is 10.2. The monoisotopic (exact) mass is 758 g/mol. The normalized spacial score (nSPS) is 47.5. The Morgan fingerprint density at radius 3 is 2.75 bits per heavy atom. The zero-order valence-corrected chi connectivity index (χ0v) is 32.7. The topological polar surface area (TPSA) is 158 Å². The van der Waals surface area contributed by atoms with Crippen molar-refractivity contribution >= 4 is 45.7 Å². The summed E-state index contributed by atoms with van der Waals surface area (Å²) in [4.78, 5) is 55.0. The summed E-state index contributed by atoms with van der Waals surface area (Å²) < 4.78 is 20.1. The third kappa shape index (κ3) is 6.11. The van der Waals surface area contributed by atoms with E-state index in [-0.39, 0.29) is 83.1 Å². The molecule has 7 unspecified atom stereocenters. The minimum absolute atomic E-state index is 0.0209. The van der Waals surface area contributed by atoms with E-state index in [0.29, 0.717) is 49.6 Å². The Hall–Kier alpha value is -1.90. The number of carbonyl (C=O) groups is 4. The highest BCUT2D eigenvalue weighted by Crippen LogP contribution is 2.62. The number of ether oxygens (including phenoxy) is 3. The number of piperidine rings is 1. The van der Waals surface area contributed by atoms with Gasteiger partial charge in [-0.3, -0.25) is 15.3 Å². The number of rotatable bonds is 4. The summed E-state index contributed by atoms with van der Waals surface area (Å²) in [7, 11) is 5.76. The van der Waals surface area contributed by atoms with Gasteiger partial charge in [0.2, 0.25) is 5.91 Å². The van der Waals surface area contributed by atoms with E-state index in [1.165, 1.54) is 5.57 Å². The van der Waals surface area contributed by atoms with Crippen LogP contribution in [0, 0.1) is 41.4 Å². The van der Waals surface area contributed by atoms with Crippen LogP contribution in [-0.2, 0) is 33.4 Å². The molecular weight excluding hydrogens is 701 g/mol. The molecule has 7 fully saturated rings. The van der Waals surface area contributed by atoms with E-state index in [4.69, 9.17) is 19.9 Å². The second-order valence-electron chi connectivity index (χ2n) is 17.4. The van der Waals surface area contributed by atoms with E-state index < -0.39 is 11.2 Å². The molecule has 1 spiro atoms. The molecule has 11 nitrogen and oxygen atoms in total. The molecule has 5 aliphatic heterocycles. The molecule has 2 saturated carbocycles. The van der Waals surface area contributed by atoms with E-state index in [1.54, 1.807) is 13.0 Å². The van der Waals surface area contributed by atoms with Gasteiger partial charge < -0.3 is 34.5 Å². The zero-order valence-electron chi connectivity index (χ0n) is 31.1. The Morgan fingerprint density at radius 1 is 1.15 bits per heavy atom. The van der Waals surface area contributed by atoms with Crippen LogP contribution in [0.15, 0.2) is 23.3 Å². The Balaban J connectivity index is 1.19. The first-order valence-electron chi connectivity index (χ1n) is 19.8. The molecule has 0 aromatic carbocycles. The number of amides is 1. The molecule has 0 aromatic heterocycles. The quantitative estimate of drug-likeness (QED) is 0.127. The van der Waals surface area contributed by atoms with Crippen LogP contribution < -0.4 is 16.4 Å². The standard InChI is InChI=1S/C39H56N4O7S2/c1-5-20(2)37(47)50-38(3)9-8-22-19-51-52-30-11-25(18-44)35(41-4)27-17-43(36(27)30)32(45)12-24-16-42-31(40)13-26(24)34(22)39(38)15-23-10-21-6-7-33(46)48-28(21)14-29(23)49-39/h5,8,18,21,23-31,34-36,41-42H,6-7,9-17,19,40H2,1-4H3/p+2/t21?,23?,24?,25-,26?,27+,28?,29?,30+,31?,34+,35+,36-,38+,39+/m1/s1. The third-order valence-electron chi connectivity index (χ3n) is 14.8. The number of quaternary nitrogens is 2. The lowest BCUT2D eigenvalue weighted by Crippen LogP contribution is -2.96. The zero-order chi connectivity index (χ0) is 36.5. The average Bonchev–Trinajstić information content (AvgIpc) is 3.48. The summed E-state index contributed by atoms with van der Waals surface area (Å²) in [5.74, 6) is 1.40. The first-order valence-corrected chi connectivity index (χ1v) is 22.2. The molecule has 0 radical (unpaired) electrons. The highest BCUT2D eigenvalue weighted by atomic mass is 33.1. The van der Waals surface area contributed by atoms with E-state index in [2.05, 4.69) is 35.6 Å². The number of hydrogen-bond acceptors (Lipinski definition) is 10. The number of nitrogens with zero attached hydrogens (tertiary/aromatic N) is 1. The maximum absolute atomic E-state index is 14.5. The third-order valence-corrected chi connectivity index (χ3v) is 17.6. The van der Waals surface area contributed by atoms with Gasteiger partial charge in [0.1, 0.15) is 35.8 Å². The van der Waals surface area contributed by atoms with Crippen LogP contribution in [0.3, 0.4) is 0 Å². The van der Waals surface area contributed by atoms with E-state index in [9.17, 15) is 19.2 Å². The highest BCUT2D eigenvalue weighted by molar-refractivity contribution is 8.77. The van der Waals surface area contributed by atoms with Crippen molar-refractivity contribution < 1.29 is 44.0 Å². The SMILES string of the molecule is CC=C(C)C(=O)O[C@@]1(C)CC=C2CSS[C@H]3C[C@H](C=O)[C@H]([NH2+]C)[C@@H]4CN(C(=O)CC5C[NH2+]C(N)CC5[C@H]2[C@@]12CC1CC5CCC(=O)OC5CC1O2)[C@H]43. The van der Waals surface area contributed by atoms with Gasteiger partial charge in [-0.2, -0.15) is 0 Å². The lowest BCUT2D eigenvalue weighted by molar-refractivity contribution is -0.706.